The highest BCUT2D eigenvalue weighted by Gasteiger charge is 2.21. The van der Waals surface area contributed by atoms with Crippen LogP contribution >= 0.6 is 0 Å². The van der Waals surface area contributed by atoms with Gasteiger partial charge in [-0.1, -0.05) is 12.1 Å². The fraction of sp³-hybridized carbons (Fsp3) is 0.409. The Labute approximate surface area is 179 Å². The Morgan fingerprint density at radius 2 is 1.93 bits per heavy atom. The average molecular weight is 425 g/mol. The maximum absolute atomic E-state index is 11.7. The molecule has 1 atom stereocenters. The van der Waals surface area contributed by atoms with Gasteiger partial charge in [0, 0.05) is 53.3 Å². The molecular formula is C22H28N6OS. The zero-order valence-corrected chi connectivity index (χ0v) is 18.5. The zero-order chi connectivity index (χ0) is 21.3. The lowest BCUT2D eigenvalue weighted by atomic mass is 10.0. The molecule has 0 amide bonds. The number of piperidine rings is 1. The van der Waals surface area contributed by atoms with E-state index >= 15 is 0 Å². The number of hydrogen-bond donors (Lipinski definition) is 2. The SMILES string of the molecule is Cc1cc(C)c2c(N)nc(NC3CCN(Cc4cccc(S(C)=O)c4)CC3)nc2n1. The molecule has 1 saturated heterocycles. The lowest BCUT2D eigenvalue weighted by molar-refractivity contribution is 0.211. The number of rotatable bonds is 5. The molecule has 1 unspecified atom stereocenters. The fourth-order valence-electron chi connectivity index (χ4n) is 4.07. The second-order valence-electron chi connectivity index (χ2n) is 8.01. The second kappa shape index (κ2) is 8.65. The quantitative estimate of drug-likeness (QED) is 0.650. The van der Waals surface area contributed by atoms with Crippen LogP contribution in [0.5, 0.6) is 0 Å². The van der Waals surface area contributed by atoms with Crippen molar-refractivity contribution in [1.29, 1.82) is 0 Å². The molecule has 1 aromatic carbocycles. The minimum atomic E-state index is -0.947. The summed E-state index contributed by atoms with van der Waals surface area (Å²) in [7, 11) is -0.947. The maximum Gasteiger partial charge on any atom is 0.226 e. The Morgan fingerprint density at radius 1 is 1.17 bits per heavy atom. The predicted octanol–water partition coefficient (Wildman–Crippen LogP) is 3.04. The summed E-state index contributed by atoms with van der Waals surface area (Å²) >= 11 is 0. The van der Waals surface area contributed by atoms with E-state index in [1.54, 1.807) is 6.26 Å². The van der Waals surface area contributed by atoms with Crippen molar-refractivity contribution in [2.45, 2.75) is 44.2 Å². The van der Waals surface area contributed by atoms with Gasteiger partial charge in [-0.2, -0.15) is 9.97 Å². The number of aromatic nitrogens is 3. The molecule has 158 valence electrons. The van der Waals surface area contributed by atoms with Crippen LogP contribution in [0.15, 0.2) is 35.2 Å². The van der Waals surface area contributed by atoms with Gasteiger partial charge < -0.3 is 11.1 Å². The molecule has 8 heteroatoms. The fourth-order valence-corrected chi connectivity index (χ4v) is 4.66. The summed E-state index contributed by atoms with van der Waals surface area (Å²) in [4.78, 5) is 16.9. The molecule has 1 aliphatic heterocycles. The molecule has 30 heavy (non-hydrogen) atoms. The zero-order valence-electron chi connectivity index (χ0n) is 17.7. The molecule has 0 bridgehead atoms. The van der Waals surface area contributed by atoms with Gasteiger partial charge in [0.2, 0.25) is 5.95 Å². The van der Waals surface area contributed by atoms with Gasteiger partial charge in [0.15, 0.2) is 5.65 Å². The summed E-state index contributed by atoms with van der Waals surface area (Å²) in [6.45, 7) is 6.81. The molecule has 3 heterocycles. The topological polar surface area (TPSA) is 97.0 Å². The Morgan fingerprint density at radius 3 is 2.67 bits per heavy atom. The lowest BCUT2D eigenvalue weighted by Crippen LogP contribution is -2.39. The number of nitrogens with two attached hydrogens (primary N) is 1. The van der Waals surface area contributed by atoms with Crippen LogP contribution in [0.2, 0.25) is 0 Å². The summed E-state index contributed by atoms with van der Waals surface area (Å²) in [5.41, 5.74) is 10.0. The number of likely N-dealkylation sites (tertiary alicyclic amines) is 1. The van der Waals surface area contributed by atoms with Crippen molar-refractivity contribution in [3.8, 4) is 0 Å². The van der Waals surface area contributed by atoms with E-state index in [-0.39, 0.29) is 0 Å². The summed E-state index contributed by atoms with van der Waals surface area (Å²) < 4.78 is 11.7. The van der Waals surface area contributed by atoms with Crippen molar-refractivity contribution in [3.63, 3.8) is 0 Å². The van der Waals surface area contributed by atoms with E-state index in [2.05, 4.69) is 31.2 Å². The summed E-state index contributed by atoms with van der Waals surface area (Å²) in [5, 5.41) is 4.28. The number of aryl methyl sites for hydroxylation is 2. The van der Waals surface area contributed by atoms with Gasteiger partial charge in [0.1, 0.15) is 5.82 Å². The van der Waals surface area contributed by atoms with Gasteiger partial charge in [-0.05, 0) is 56.0 Å². The lowest BCUT2D eigenvalue weighted by Gasteiger charge is -2.32. The molecule has 1 aliphatic rings. The van der Waals surface area contributed by atoms with Crippen LogP contribution in [0, 0.1) is 13.8 Å². The van der Waals surface area contributed by atoms with Gasteiger partial charge in [-0.25, -0.2) is 4.98 Å². The number of pyridine rings is 1. The maximum atomic E-state index is 11.7. The smallest absolute Gasteiger partial charge is 0.226 e. The molecule has 7 nitrogen and oxygen atoms in total. The number of hydrogen-bond acceptors (Lipinski definition) is 7. The monoisotopic (exact) mass is 424 g/mol. The minimum absolute atomic E-state index is 0.304. The largest absolute Gasteiger partial charge is 0.383 e. The first kappa shape index (κ1) is 20.7. The molecule has 1 fully saturated rings. The van der Waals surface area contributed by atoms with Crippen LogP contribution in [-0.2, 0) is 17.3 Å². The molecule has 0 spiro atoms. The molecule has 0 saturated carbocycles. The van der Waals surface area contributed by atoms with Crippen LogP contribution in [0.1, 0.15) is 29.7 Å². The Balaban J connectivity index is 1.39. The van der Waals surface area contributed by atoms with E-state index in [4.69, 9.17) is 5.73 Å². The number of benzene rings is 1. The van der Waals surface area contributed by atoms with E-state index in [9.17, 15) is 4.21 Å². The summed E-state index contributed by atoms with van der Waals surface area (Å²) in [6, 6.07) is 10.4. The highest BCUT2D eigenvalue weighted by atomic mass is 32.2. The van der Waals surface area contributed by atoms with E-state index in [1.807, 2.05) is 38.1 Å². The Hall–Kier alpha value is -2.58. The number of nitrogen functional groups attached to an aromatic ring is 1. The first-order chi connectivity index (χ1) is 14.4. The normalized spacial score (nSPS) is 16.6. The summed E-state index contributed by atoms with van der Waals surface area (Å²) in [5.74, 6) is 1.02. The van der Waals surface area contributed by atoms with E-state index in [1.165, 1.54) is 5.56 Å². The van der Waals surface area contributed by atoms with Gasteiger partial charge >= 0.3 is 0 Å². The Kier molecular flexibility index (Phi) is 5.97. The van der Waals surface area contributed by atoms with Crippen molar-refractivity contribution in [3.05, 3.63) is 47.2 Å². The van der Waals surface area contributed by atoms with Crippen LogP contribution in [-0.4, -0.2) is 49.4 Å². The number of nitrogens with zero attached hydrogens (tertiary/aromatic N) is 4. The molecule has 2 aromatic heterocycles. The van der Waals surface area contributed by atoms with Crippen molar-refractivity contribution >= 4 is 33.6 Å². The molecule has 0 radical (unpaired) electrons. The Bertz CT molecular complexity index is 1090. The van der Waals surface area contributed by atoms with Crippen molar-refractivity contribution in [2.24, 2.45) is 0 Å². The van der Waals surface area contributed by atoms with Crippen molar-refractivity contribution in [1.82, 2.24) is 19.9 Å². The van der Waals surface area contributed by atoms with Crippen LogP contribution < -0.4 is 11.1 Å². The number of fused-ring (bicyclic) bond motifs is 1. The third kappa shape index (κ3) is 4.60. The van der Waals surface area contributed by atoms with Gasteiger partial charge in [-0.3, -0.25) is 9.11 Å². The van der Waals surface area contributed by atoms with Crippen LogP contribution in [0.25, 0.3) is 11.0 Å². The van der Waals surface area contributed by atoms with Gasteiger partial charge in [-0.15, -0.1) is 0 Å². The molecular weight excluding hydrogens is 396 g/mol. The first-order valence-corrected chi connectivity index (χ1v) is 11.8. The number of anilines is 2. The van der Waals surface area contributed by atoms with E-state index < -0.39 is 10.8 Å². The van der Waals surface area contributed by atoms with Crippen molar-refractivity contribution < 1.29 is 4.21 Å². The van der Waals surface area contributed by atoms with Crippen LogP contribution in [0.4, 0.5) is 11.8 Å². The van der Waals surface area contributed by atoms with E-state index in [0.717, 1.165) is 54.0 Å². The highest BCUT2D eigenvalue weighted by Crippen LogP contribution is 2.24. The number of nitrogens with one attached hydrogen (secondary N) is 1. The van der Waals surface area contributed by atoms with Crippen LogP contribution in [0.3, 0.4) is 0 Å². The van der Waals surface area contributed by atoms with Gasteiger partial charge in [0.25, 0.3) is 0 Å². The third-order valence-electron chi connectivity index (χ3n) is 5.58. The second-order valence-corrected chi connectivity index (χ2v) is 9.39. The standard InChI is InChI=1S/C22H28N6OS/c1-14-11-15(2)24-21-19(14)20(23)26-22(27-21)25-17-7-9-28(10-8-17)13-16-5-4-6-18(12-16)30(3)29/h4-6,11-12,17H,7-10,13H2,1-3H3,(H3,23,24,25,26,27). The van der Waals surface area contributed by atoms with Crippen molar-refractivity contribution in [2.75, 3.05) is 30.4 Å². The molecule has 0 aliphatic carbocycles. The van der Waals surface area contributed by atoms with Gasteiger partial charge in [0.05, 0.1) is 5.39 Å². The average Bonchev–Trinajstić information content (AvgIpc) is 2.69. The molecule has 4 rings (SSSR count). The highest BCUT2D eigenvalue weighted by molar-refractivity contribution is 7.84. The summed E-state index contributed by atoms with van der Waals surface area (Å²) in [6.07, 6.45) is 3.72. The molecule has 3 N–H and O–H groups in total. The minimum Gasteiger partial charge on any atom is -0.383 e. The predicted molar refractivity (Wildman–Crippen MR) is 122 cm³/mol. The third-order valence-corrected chi connectivity index (χ3v) is 6.50. The molecule has 3 aromatic rings. The first-order valence-electron chi connectivity index (χ1n) is 10.2. The van der Waals surface area contributed by atoms with E-state index in [0.29, 0.717) is 23.5 Å².